The van der Waals surface area contributed by atoms with Crippen LogP contribution in [0.15, 0.2) is 12.2 Å². The van der Waals surface area contributed by atoms with Crippen molar-refractivity contribution < 1.29 is 18.7 Å². The summed E-state index contributed by atoms with van der Waals surface area (Å²) in [5.74, 6) is -0.720. The minimum absolute atomic E-state index is 0.219. The summed E-state index contributed by atoms with van der Waals surface area (Å²) in [5.41, 5.74) is -2.78. The van der Waals surface area contributed by atoms with Crippen molar-refractivity contribution in [2.75, 3.05) is 0 Å². The Balaban J connectivity index is 2.13. The molecule has 4 heteroatoms. The van der Waals surface area contributed by atoms with Crippen LogP contribution in [0.4, 0.5) is 4.39 Å². The van der Waals surface area contributed by atoms with Gasteiger partial charge >= 0.3 is 5.97 Å². The summed E-state index contributed by atoms with van der Waals surface area (Å²) in [6, 6.07) is 0. The summed E-state index contributed by atoms with van der Waals surface area (Å²) in [6.07, 6.45) is 7.77. The molecule has 2 aliphatic rings. The van der Waals surface area contributed by atoms with Crippen LogP contribution in [-0.2, 0) is 14.3 Å². The number of halogens is 1. The average molecular weight is 296 g/mol. The zero-order valence-electron chi connectivity index (χ0n) is 13.2. The van der Waals surface area contributed by atoms with Crippen molar-refractivity contribution >= 4 is 11.8 Å². The topological polar surface area (TPSA) is 43.4 Å². The van der Waals surface area contributed by atoms with E-state index in [2.05, 4.69) is 0 Å². The van der Waals surface area contributed by atoms with Crippen molar-refractivity contribution in [3.8, 4) is 0 Å². The van der Waals surface area contributed by atoms with Crippen LogP contribution in [0.2, 0.25) is 0 Å². The van der Waals surface area contributed by atoms with Gasteiger partial charge in [-0.1, -0.05) is 25.8 Å². The highest BCUT2D eigenvalue weighted by atomic mass is 19.1. The van der Waals surface area contributed by atoms with Gasteiger partial charge in [0.05, 0.1) is 6.42 Å². The second-order valence-electron chi connectivity index (χ2n) is 6.89. The van der Waals surface area contributed by atoms with Crippen molar-refractivity contribution in [3.05, 3.63) is 12.2 Å². The predicted molar refractivity (Wildman–Crippen MR) is 78.6 cm³/mol. The Morgan fingerprint density at radius 1 is 1.48 bits per heavy atom. The molecule has 0 amide bonds. The van der Waals surface area contributed by atoms with Crippen LogP contribution in [0.1, 0.15) is 65.7 Å². The van der Waals surface area contributed by atoms with Crippen LogP contribution >= 0.6 is 0 Å². The number of allylic oxidation sites excluding steroid dienone is 1. The molecule has 2 rings (SSSR count). The first-order valence-electron chi connectivity index (χ1n) is 7.89. The summed E-state index contributed by atoms with van der Waals surface area (Å²) in [7, 11) is 0. The van der Waals surface area contributed by atoms with Gasteiger partial charge < -0.3 is 4.74 Å². The first kappa shape index (κ1) is 16.2. The van der Waals surface area contributed by atoms with E-state index in [1.807, 2.05) is 13.8 Å². The molecule has 0 spiro atoms. The fraction of sp³-hybridized carbons (Fsp3) is 0.765. The van der Waals surface area contributed by atoms with Crippen LogP contribution in [-0.4, -0.2) is 23.0 Å². The number of hydrogen-bond acceptors (Lipinski definition) is 3. The van der Waals surface area contributed by atoms with Crippen molar-refractivity contribution in [3.63, 3.8) is 0 Å². The molecule has 3 nitrogen and oxygen atoms in total. The fourth-order valence-electron chi connectivity index (χ4n) is 3.59. The molecule has 0 aromatic carbocycles. The van der Waals surface area contributed by atoms with Gasteiger partial charge in [0.15, 0.2) is 11.5 Å². The molecule has 1 saturated heterocycles. The molecule has 21 heavy (non-hydrogen) atoms. The van der Waals surface area contributed by atoms with E-state index >= 15 is 0 Å². The Morgan fingerprint density at radius 2 is 2.19 bits per heavy atom. The number of carbonyl (C=O) groups is 2. The van der Waals surface area contributed by atoms with E-state index in [0.717, 1.165) is 25.7 Å². The van der Waals surface area contributed by atoms with Gasteiger partial charge in [0.25, 0.3) is 0 Å². The third-order valence-corrected chi connectivity index (χ3v) is 5.20. The van der Waals surface area contributed by atoms with Crippen LogP contribution in [0.3, 0.4) is 0 Å². The molecule has 3 atom stereocenters. The molecule has 0 N–H and O–H groups in total. The molecular formula is C17H25FO3. The molecule has 0 unspecified atom stereocenters. The molecule has 0 bridgehead atoms. The highest BCUT2D eigenvalue weighted by molar-refractivity contribution is 5.96. The number of carbonyl (C=O) groups excluding carboxylic acids is 2. The quantitative estimate of drug-likeness (QED) is 0.551. The molecule has 0 aromatic heterocycles. The van der Waals surface area contributed by atoms with Crippen LogP contribution in [0.25, 0.3) is 0 Å². The molecule has 0 aromatic rings. The molecule has 0 radical (unpaired) electrons. The monoisotopic (exact) mass is 296 g/mol. The summed E-state index contributed by atoms with van der Waals surface area (Å²) < 4.78 is 19.8. The molecule has 2 fully saturated rings. The normalized spacial score (nSPS) is 34.8. The standard InChI is InChI=1S/C17H25FO3/c1-4-5-8-15(2,18)13(19)7-11-17-10-6-9-16(17,3)21-14(20)12-17/h7,11H,4-6,8-10,12H2,1-3H3/t15-,16+,17+/m0/s1. The number of fused-ring (bicyclic) bond motifs is 1. The van der Waals surface area contributed by atoms with Gasteiger partial charge in [-0.3, -0.25) is 9.59 Å². The number of unbranched alkanes of at least 4 members (excludes halogenated alkanes) is 1. The van der Waals surface area contributed by atoms with E-state index in [0.29, 0.717) is 12.8 Å². The Kier molecular flexibility index (Phi) is 4.27. The zero-order valence-corrected chi connectivity index (χ0v) is 13.2. The van der Waals surface area contributed by atoms with Gasteiger partial charge in [-0.25, -0.2) is 4.39 Å². The third-order valence-electron chi connectivity index (χ3n) is 5.20. The Hall–Kier alpha value is -1.19. The SMILES string of the molecule is CCCC[C@](C)(F)C(=O)C=C[C@@]12CCC[C@@]1(C)OC(=O)C2. The zero-order chi connectivity index (χ0) is 15.7. The van der Waals surface area contributed by atoms with Gasteiger partial charge in [-0.05, 0) is 45.6 Å². The number of rotatable bonds is 6. The van der Waals surface area contributed by atoms with E-state index in [1.165, 1.54) is 13.0 Å². The van der Waals surface area contributed by atoms with Gasteiger partial charge in [0, 0.05) is 5.41 Å². The Bertz CT molecular complexity index is 469. The van der Waals surface area contributed by atoms with E-state index in [-0.39, 0.29) is 12.4 Å². The minimum Gasteiger partial charge on any atom is -0.458 e. The highest BCUT2D eigenvalue weighted by Crippen LogP contribution is 2.56. The molecule has 1 aliphatic heterocycles. The minimum atomic E-state index is -1.82. The van der Waals surface area contributed by atoms with Crippen LogP contribution in [0.5, 0.6) is 0 Å². The largest absolute Gasteiger partial charge is 0.458 e. The van der Waals surface area contributed by atoms with Gasteiger partial charge in [0.2, 0.25) is 0 Å². The maximum absolute atomic E-state index is 14.4. The summed E-state index contributed by atoms with van der Waals surface area (Å²) in [6.45, 7) is 5.24. The lowest BCUT2D eigenvalue weighted by Gasteiger charge is -2.32. The molecular weight excluding hydrogens is 271 g/mol. The van der Waals surface area contributed by atoms with Gasteiger partial charge in [-0.2, -0.15) is 0 Å². The van der Waals surface area contributed by atoms with Crippen molar-refractivity contribution in [2.45, 2.75) is 77.0 Å². The maximum Gasteiger partial charge on any atom is 0.307 e. The van der Waals surface area contributed by atoms with Crippen molar-refractivity contribution in [1.29, 1.82) is 0 Å². The lowest BCUT2D eigenvalue weighted by molar-refractivity contribution is -0.148. The molecule has 1 aliphatic carbocycles. The highest BCUT2D eigenvalue weighted by Gasteiger charge is 2.59. The van der Waals surface area contributed by atoms with E-state index < -0.39 is 22.5 Å². The number of hydrogen-bond donors (Lipinski definition) is 0. The smallest absolute Gasteiger partial charge is 0.307 e. The fourth-order valence-corrected chi connectivity index (χ4v) is 3.59. The average Bonchev–Trinajstić information content (AvgIpc) is 2.82. The van der Waals surface area contributed by atoms with Gasteiger partial charge in [-0.15, -0.1) is 0 Å². The third kappa shape index (κ3) is 2.90. The van der Waals surface area contributed by atoms with Gasteiger partial charge in [0.1, 0.15) is 5.60 Å². The lowest BCUT2D eigenvalue weighted by Crippen LogP contribution is -2.36. The lowest BCUT2D eigenvalue weighted by atomic mass is 9.74. The summed E-state index contributed by atoms with van der Waals surface area (Å²) in [5, 5.41) is 0. The number of ketones is 1. The van der Waals surface area contributed by atoms with Crippen molar-refractivity contribution in [1.82, 2.24) is 0 Å². The first-order valence-corrected chi connectivity index (χ1v) is 7.89. The molecule has 1 heterocycles. The first-order chi connectivity index (χ1) is 9.75. The maximum atomic E-state index is 14.4. The second kappa shape index (κ2) is 5.54. The van der Waals surface area contributed by atoms with Crippen molar-refractivity contribution in [2.24, 2.45) is 5.41 Å². The summed E-state index contributed by atoms with van der Waals surface area (Å²) in [4.78, 5) is 23.7. The number of esters is 1. The summed E-state index contributed by atoms with van der Waals surface area (Å²) >= 11 is 0. The number of alkyl halides is 1. The molecule has 118 valence electrons. The van der Waals surface area contributed by atoms with E-state index in [1.54, 1.807) is 6.08 Å². The van der Waals surface area contributed by atoms with Crippen LogP contribution in [0, 0.1) is 5.41 Å². The van der Waals surface area contributed by atoms with E-state index in [4.69, 9.17) is 4.74 Å². The Morgan fingerprint density at radius 3 is 2.86 bits per heavy atom. The second-order valence-corrected chi connectivity index (χ2v) is 6.89. The predicted octanol–water partition coefficient (Wildman–Crippen LogP) is 3.91. The molecule has 1 saturated carbocycles. The van der Waals surface area contributed by atoms with E-state index in [9.17, 15) is 14.0 Å². The van der Waals surface area contributed by atoms with Crippen LogP contribution < -0.4 is 0 Å². The Labute approximate surface area is 125 Å². The number of ether oxygens (including phenoxy) is 1.